The molecule has 21 heavy (non-hydrogen) atoms. The third-order valence-corrected chi connectivity index (χ3v) is 3.99. The van der Waals surface area contributed by atoms with Crippen LogP contribution in [0.3, 0.4) is 0 Å². The lowest BCUT2D eigenvalue weighted by Gasteiger charge is -2.14. The van der Waals surface area contributed by atoms with E-state index in [4.69, 9.17) is 19.3 Å². The van der Waals surface area contributed by atoms with Gasteiger partial charge in [0.2, 0.25) is 0 Å². The molecule has 1 unspecified atom stereocenters. The number of methoxy groups -OCH3 is 1. The van der Waals surface area contributed by atoms with Crippen LogP contribution in [0.1, 0.15) is 36.3 Å². The van der Waals surface area contributed by atoms with Crippen molar-refractivity contribution < 1.29 is 13.6 Å². The van der Waals surface area contributed by atoms with E-state index in [1.807, 2.05) is 19.9 Å². The van der Waals surface area contributed by atoms with Crippen molar-refractivity contribution in [3.63, 3.8) is 0 Å². The van der Waals surface area contributed by atoms with Gasteiger partial charge in [-0.15, -0.1) is 0 Å². The number of ether oxygens (including phenoxy) is 1. The molecule has 1 aromatic carbocycles. The summed E-state index contributed by atoms with van der Waals surface area (Å²) in [5.74, 6) is 2.78. The Morgan fingerprint density at radius 3 is 2.33 bits per heavy atom. The number of rotatable bonds is 4. The minimum atomic E-state index is 0.299. The Kier molecular flexibility index (Phi) is 3.41. The van der Waals surface area contributed by atoms with Gasteiger partial charge in [0.25, 0.3) is 0 Å². The highest BCUT2D eigenvalue weighted by molar-refractivity contribution is 6.05. The van der Waals surface area contributed by atoms with E-state index >= 15 is 0 Å². The zero-order valence-corrected chi connectivity index (χ0v) is 12.9. The molecule has 2 heterocycles. The van der Waals surface area contributed by atoms with Crippen LogP contribution in [0.15, 0.2) is 21.0 Å². The molecule has 1 atom stereocenters. The standard InChI is InChI=1S/C17H21NO3/c1-9(5-6-18)14-12-7-10(2)21-17(12)16(19-4)13-8-11(3)20-15(13)14/h7-9H,5-6,18H2,1-4H3. The first-order valence-electron chi connectivity index (χ1n) is 7.27. The summed E-state index contributed by atoms with van der Waals surface area (Å²) in [6, 6.07) is 4.06. The van der Waals surface area contributed by atoms with Gasteiger partial charge in [-0.25, -0.2) is 0 Å². The number of hydrogen-bond donors (Lipinski definition) is 1. The summed E-state index contributed by atoms with van der Waals surface area (Å²) in [7, 11) is 1.66. The van der Waals surface area contributed by atoms with Crippen LogP contribution in [0, 0.1) is 13.8 Å². The molecule has 112 valence electrons. The summed E-state index contributed by atoms with van der Waals surface area (Å²) in [5.41, 5.74) is 8.59. The minimum absolute atomic E-state index is 0.299. The zero-order valence-electron chi connectivity index (χ0n) is 12.9. The molecule has 0 aliphatic rings. The smallest absolute Gasteiger partial charge is 0.177 e. The fraction of sp³-hybridized carbons (Fsp3) is 0.412. The number of furan rings is 2. The fourth-order valence-electron chi connectivity index (χ4n) is 3.10. The molecule has 3 aromatic rings. The maximum absolute atomic E-state index is 5.96. The Balaban J connectivity index is 2.45. The predicted molar refractivity (Wildman–Crippen MR) is 84.1 cm³/mol. The average Bonchev–Trinajstić information content (AvgIpc) is 2.97. The van der Waals surface area contributed by atoms with Crippen LogP contribution in [0.4, 0.5) is 0 Å². The van der Waals surface area contributed by atoms with Gasteiger partial charge in [-0.1, -0.05) is 6.92 Å². The first-order chi connectivity index (χ1) is 10.1. The Bertz CT molecular complexity index is 740. The second-order valence-corrected chi connectivity index (χ2v) is 5.63. The van der Waals surface area contributed by atoms with Crippen LogP contribution in [-0.4, -0.2) is 13.7 Å². The molecular weight excluding hydrogens is 266 g/mol. The van der Waals surface area contributed by atoms with Crippen LogP contribution in [-0.2, 0) is 0 Å². The highest BCUT2D eigenvalue weighted by atomic mass is 16.5. The van der Waals surface area contributed by atoms with Crippen molar-refractivity contribution >= 4 is 21.9 Å². The van der Waals surface area contributed by atoms with E-state index in [-0.39, 0.29) is 0 Å². The molecule has 0 aliphatic heterocycles. The quantitative estimate of drug-likeness (QED) is 0.779. The van der Waals surface area contributed by atoms with E-state index in [1.165, 1.54) is 0 Å². The summed E-state index contributed by atoms with van der Waals surface area (Å²) >= 11 is 0. The van der Waals surface area contributed by atoms with Crippen molar-refractivity contribution in [1.29, 1.82) is 0 Å². The molecule has 4 nitrogen and oxygen atoms in total. The molecule has 0 saturated carbocycles. The van der Waals surface area contributed by atoms with Gasteiger partial charge in [0.05, 0.1) is 12.5 Å². The highest BCUT2D eigenvalue weighted by Gasteiger charge is 2.24. The van der Waals surface area contributed by atoms with Crippen molar-refractivity contribution in [2.75, 3.05) is 13.7 Å². The average molecular weight is 287 g/mol. The third kappa shape index (κ3) is 2.10. The normalized spacial score (nSPS) is 13.2. The Hall–Kier alpha value is -1.94. The Labute approximate surface area is 123 Å². The van der Waals surface area contributed by atoms with Crippen LogP contribution in [0.5, 0.6) is 5.75 Å². The summed E-state index contributed by atoms with van der Waals surface area (Å²) < 4.78 is 17.4. The lowest BCUT2D eigenvalue weighted by molar-refractivity contribution is 0.413. The molecule has 0 bridgehead atoms. The first-order valence-corrected chi connectivity index (χ1v) is 7.27. The fourth-order valence-corrected chi connectivity index (χ4v) is 3.10. The van der Waals surface area contributed by atoms with Crippen molar-refractivity contribution in [1.82, 2.24) is 0 Å². The van der Waals surface area contributed by atoms with Gasteiger partial charge >= 0.3 is 0 Å². The van der Waals surface area contributed by atoms with E-state index in [1.54, 1.807) is 7.11 Å². The minimum Gasteiger partial charge on any atom is -0.492 e. The molecule has 0 fully saturated rings. The molecule has 0 amide bonds. The van der Waals surface area contributed by atoms with Crippen molar-refractivity contribution in [3.8, 4) is 5.75 Å². The largest absolute Gasteiger partial charge is 0.492 e. The van der Waals surface area contributed by atoms with Gasteiger partial charge < -0.3 is 19.3 Å². The van der Waals surface area contributed by atoms with Gasteiger partial charge in [-0.3, -0.25) is 0 Å². The summed E-state index contributed by atoms with van der Waals surface area (Å²) in [5, 5.41) is 2.03. The van der Waals surface area contributed by atoms with Crippen molar-refractivity contribution in [2.45, 2.75) is 33.1 Å². The molecule has 4 heteroatoms. The monoisotopic (exact) mass is 287 g/mol. The molecule has 0 radical (unpaired) electrons. The van der Waals surface area contributed by atoms with Crippen molar-refractivity contribution in [3.05, 3.63) is 29.2 Å². The van der Waals surface area contributed by atoms with Gasteiger partial charge in [-0.05, 0) is 44.9 Å². The maximum atomic E-state index is 5.96. The predicted octanol–water partition coefficient (Wildman–Crippen LogP) is 4.26. The Morgan fingerprint density at radius 1 is 1.10 bits per heavy atom. The van der Waals surface area contributed by atoms with Gasteiger partial charge in [0, 0.05) is 10.9 Å². The number of nitrogens with two attached hydrogens (primary N) is 1. The SMILES string of the molecule is COc1c2cc(C)oc2c(C(C)CCN)c2cc(C)oc12. The second-order valence-electron chi connectivity index (χ2n) is 5.63. The van der Waals surface area contributed by atoms with Crippen molar-refractivity contribution in [2.24, 2.45) is 5.73 Å². The number of benzene rings is 1. The summed E-state index contributed by atoms with van der Waals surface area (Å²) in [6.45, 7) is 6.72. The first kappa shape index (κ1) is 14.0. The lowest BCUT2D eigenvalue weighted by Crippen LogP contribution is -2.05. The van der Waals surface area contributed by atoms with E-state index in [9.17, 15) is 0 Å². The molecule has 3 rings (SSSR count). The highest BCUT2D eigenvalue weighted by Crippen LogP contribution is 2.44. The lowest BCUT2D eigenvalue weighted by atomic mass is 9.92. The van der Waals surface area contributed by atoms with E-state index in [2.05, 4.69) is 13.0 Å². The van der Waals surface area contributed by atoms with Gasteiger partial charge in [0.1, 0.15) is 17.1 Å². The van der Waals surface area contributed by atoms with Gasteiger partial charge in [0.15, 0.2) is 11.3 Å². The molecule has 0 aliphatic carbocycles. The van der Waals surface area contributed by atoms with Crippen LogP contribution in [0.2, 0.25) is 0 Å². The summed E-state index contributed by atoms with van der Waals surface area (Å²) in [6.07, 6.45) is 0.903. The molecule has 2 N–H and O–H groups in total. The number of aryl methyl sites for hydroxylation is 2. The van der Waals surface area contributed by atoms with Crippen LogP contribution < -0.4 is 10.5 Å². The molecule has 2 aromatic heterocycles. The third-order valence-electron chi connectivity index (χ3n) is 3.99. The van der Waals surface area contributed by atoms with E-state index in [0.29, 0.717) is 12.5 Å². The number of fused-ring (bicyclic) bond motifs is 2. The van der Waals surface area contributed by atoms with Gasteiger partial charge in [-0.2, -0.15) is 0 Å². The summed E-state index contributed by atoms with van der Waals surface area (Å²) in [4.78, 5) is 0. The Morgan fingerprint density at radius 2 is 1.71 bits per heavy atom. The van der Waals surface area contributed by atoms with E-state index < -0.39 is 0 Å². The van der Waals surface area contributed by atoms with E-state index in [0.717, 1.165) is 51.2 Å². The number of hydrogen-bond acceptors (Lipinski definition) is 4. The van der Waals surface area contributed by atoms with Crippen LogP contribution >= 0.6 is 0 Å². The maximum Gasteiger partial charge on any atom is 0.177 e. The second kappa shape index (κ2) is 5.11. The molecular formula is C17H21NO3. The zero-order chi connectivity index (χ0) is 15.1. The van der Waals surface area contributed by atoms with Crippen LogP contribution in [0.25, 0.3) is 21.9 Å². The topological polar surface area (TPSA) is 61.5 Å². The molecule has 0 saturated heterocycles. The molecule has 0 spiro atoms.